The normalized spacial score (nSPS) is 11.9. The van der Waals surface area contributed by atoms with Gasteiger partial charge in [0.15, 0.2) is 0 Å². The third-order valence-electron chi connectivity index (χ3n) is 0.694. The zero-order valence-corrected chi connectivity index (χ0v) is 11.3. The van der Waals surface area contributed by atoms with Gasteiger partial charge < -0.3 is 11.7 Å². The Balaban J connectivity index is 0. The summed E-state index contributed by atoms with van der Waals surface area (Å²) in [6.45, 7) is 6.81. The van der Waals surface area contributed by atoms with Crippen LogP contribution in [0, 0.1) is 12.8 Å². The van der Waals surface area contributed by atoms with E-state index in [1.807, 2.05) is 0 Å². The minimum atomic E-state index is -0.0370. The number of carbonyl (C=O) groups excluding carboxylic acids is 1. The summed E-state index contributed by atoms with van der Waals surface area (Å²) in [5.41, 5.74) is 0. The van der Waals surface area contributed by atoms with Crippen molar-refractivity contribution in [2.75, 3.05) is 0 Å². The second-order valence-electron chi connectivity index (χ2n) is 1.51. The van der Waals surface area contributed by atoms with Gasteiger partial charge in [-0.2, -0.15) is 0 Å². The van der Waals surface area contributed by atoms with Gasteiger partial charge in [0.25, 0.3) is 0 Å². The fourth-order valence-corrected chi connectivity index (χ4v) is 0. The number of hydrogen-bond acceptors (Lipinski definition) is 1. The maximum Gasteiger partial charge on any atom is 0.102 e. The van der Waals surface area contributed by atoms with Gasteiger partial charge in [-0.15, -0.1) is 5.92 Å². The molecular weight excluding hydrogens is 343 g/mol. The average Bonchev–Trinajstić information content (AvgIpc) is 1.36. The SMILES string of the molecule is [CH2-]C(C)C(C)=O.[Rf]. The van der Waals surface area contributed by atoms with E-state index in [1.165, 1.54) is 6.92 Å². The first kappa shape index (κ1) is 9.18. The fraction of sp³-hybridized carbons (Fsp3) is 0.600. The van der Waals surface area contributed by atoms with E-state index in [2.05, 4.69) is 6.92 Å². The van der Waals surface area contributed by atoms with Crippen LogP contribution in [-0.2, 0) is 4.79 Å². The third-order valence-corrected chi connectivity index (χ3v) is 0.694. The van der Waals surface area contributed by atoms with Crippen molar-refractivity contribution in [2.45, 2.75) is 13.8 Å². The van der Waals surface area contributed by atoms with Crippen molar-refractivity contribution in [1.29, 1.82) is 0 Å². The molecule has 0 rings (SSSR count). The van der Waals surface area contributed by atoms with E-state index in [-0.39, 0.29) is 11.7 Å². The Labute approximate surface area is 38.4 Å². The summed E-state index contributed by atoms with van der Waals surface area (Å²) in [4.78, 5) is 10.1. The van der Waals surface area contributed by atoms with E-state index < -0.39 is 0 Å². The molecule has 0 saturated heterocycles. The first-order chi connectivity index (χ1) is 2.64. The van der Waals surface area contributed by atoms with Crippen LogP contribution in [0.5, 0.6) is 0 Å². The van der Waals surface area contributed by atoms with E-state index in [0.717, 1.165) is 0 Å². The molecule has 0 spiro atoms. The molecule has 0 heterocycles. The number of ketones is 1. The van der Waals surface area contributed by atoms with Crippen LogP contribution in [0.3, 0.4) is 0 Å². The minimum Gasteiger partial charge on any atom is -0.333 e. The Morgan fingerprint density at radius 1 is 1.71 bits per heavy atom. The van der Waals surface area contributed by atoms with E-state index >= 15 is 0 Å². The molecule has 38 valence electrons. The molecule has 0 fully saturated rings. The first-order valence-corrected chi connectivity index (χ1v) is 1.98. The summed E-state index contributed by atoms with van der Waals surface area (Å²) >= 11 is 0. The molecule has 2 heteroatoms. The molecule has 0 aliphatic carbocycles. The molecule has 0 bridgehead atoms. The smallest absolute Gasteiger partial charge is 0.102 e. The monoisotopic (exact) mass is 352 g/mol. The molecule has 0 aromatic heterocycles. The molecule has 0 aliphatic heterocycles. The Kier molecular flexibility index (Phi) is 3.78. The molecule has 0 amide bonds. The Hall–Kier alpha value is -1.33. The van der Waals surface area contributed by atoms with Gasteiger partial charge in [0.05, 0.1) is 0 Å². The van der Waals surface area contributed by atoms with Gasteiger partial charge in [-0.3, -0.25) is 0 Å². The zero-order valence-electron chi connectivity index (χ0n) is 4.90. The summed E-state index contributed by atoms with van der Waals surface area (Å²) in [7, 11) is 0. The van der Waals surface area contributed by atoms with Crippen LogP contribution in [0.2, 0.25) is 0 Å². The Morgan fingerprint density at radius 2 is 1.86 bits per heavy atom. The van der Waals surface area contributed by atoms with Gasteiger partial charge in [-0.25, -0.2) is 0 Å². The molecule has 0 aliphatic rings. The van der Waals surface area contributed by atoms with Crippen LogP contribution in [0.25, 0.3) is 0 Å². The van der Waals surface area contributed by atoms with Crippen molar-refractivity contribution in [1.82, 2.24) is 0 Å². The molecular formula is C5H9ORf-. The summed E-state index contributed by atoms with van der Waals surface area (Å²) in [6, 6.07) is 0. The molecule has 0 aromatic rings. The minimum absolute atomic E-state index is 0. The maximum atomic E-state index is 10.1. The molecule has 0 saturated carbocycles. The average molecular weight is 352 g/mol. The van der Waals surface area contributed by atoms with Crippen molar-refractivity contribution in [2.24, 2.45) is 5.92 Å². The van der Waals surface area contributed by atoms with Crippen LogP contribution in [0.15, 0.2) is 0 Å². The predicted molar refractivity (Wildman–Crippen MR) is 25.2 cm³/mol. The van der Waals surface area contributed by atoms with E-state index in [9.17, 15) is 4.79 Å². The molecule has 1 atom stereocenters. The first-order valence-electron chi connectivity index (χ1n) is 1.98. The van der Waals surface area contributed by atoms with E-state index in [0.29, 0.717) is 0 Å². The van der Waals surface area contributed by atoms with Gasteiger partial charge in [0.1, 0.15) is 5.78 Å². The molecule has 1 nitrogen and oxygen atoms in total. The van der Waals surface area contributed by atoms with Crippen LogP contribution in [0.1, 0.15) is 13.8 Å². The number of carbonyl (C=O) groups is 1. The second kappa shape index (κ2) is 2.88. The van der Waals surface area contributed by atoms with Crippen molar-refractivity contribution in [3.63, 3.8) is 0 Å². The van der Waals surface area contributed by atoms with Gasteiger partial charge in [0, 0.05) is 0 Å². The van der Waals surface area contributed by atoms with Crippen molar-refractivity contribution in [3.05, 3.63) is 6.92 Å². The van der Waals surface area contributed by atoms with Gasteiger partial charge in [-0.05, 0) is 6.92 Å². The Morgan fingerprint density at radius 3 is 1.86 bits per heavy atom. The summed E-state index contributed by atoms with van der Waals surface area (Å²) in [6.07, 6.45) is 0. The van der Waals surface area contributed by atoms with Crippen molar-refractivity contribution >= 4 is 5.78 Å². The van der Waals surface area contributed by atoms with E-state index in [4.69, 9.17) is 0 Å². The van der Waals surface area contributed by atoms with Crippen LogP contribution >= 0.6 is 0 Å². The van der Waals surface area contributed by atoms with Crippen molar-refractivity contribution in [3.8, 4) is 0 Å². The quantitative estimate of drug-likeness (QED) is 0.645. The number of rotatable bonds is 1. The number of Topliss-reactive ketones (excluding diaryl/α,β-unsaturated/α-hetero) is 1. The zero-order chi connectivity index (χ0) is 5.15. The van der Waals surface area contributed by atoms with Crippen LogP contribution in [-0.4, -0.2) is 5.78 Å². The van der Waals surface area contributed by atoms with Crippen LogP contribution in [0.4, 0.5) is 0 Å². The molecule has 0 radical (unpaired) electrons. The third kappa shape index (κ3) is 4.67. The topological polar surface area (TPSA) is 17.1 Å². The van der Waals surface area contributed by atoms with Gasteiger partial charge in [-0.1, -0.05) is 6.92 Å². The van der Waals surface area contributed by atoms with Crippen molar-refractivity contribution < 1.29 is 4.79 Å². The predicted octanol–water partition coefficient (Wildman–Crippen LogP) is 1.05. The van der Waals surface area contributed by atoms with Crippen LogP contribution < -0.4 is 0 Å². The maximum absolute atomic E-state index is 10.1. The summed E-state index contributed by atoms with van der Waals surface area (Å²) in [5, 5.41) is 0. The number of hydrogen-bond donors (Lipinski definition) is 0. The standard InChI is InChI=1S/C5H9O.Rf/c1-4(2)5(3)6;/h4H,1H2,2-3H3;/q-1;. The molecule has 1 unspecified atom stereocenters. The molecule has 7 heavy (non-hydrogen) atoms. The van der Waals surface area contributed by atoms with Gasteiger partial charge in [0.2, 0.25) is 0 Å². The van der Waals surface area contributed by atoms with Gasteiger partial charge >= 0.3 is 0 Å². The fourth-order valence-electron chi connectivity index (χ4n) is 0. The largest absolute Gasteiger partial charge is 0.333 e. The second-order valence-corrected chi connectivity index (χ2v) is 1.51. The molecule has 0 aromatic carbocycles. The Bertz CT molecular complexity index is 59.1. The van der Waals surface area contributed by atoms with E-state index in [1.54, 1.807) is 6.92 Å². The summed E-state index contributed by atoms with van der Waals surface area (Å²) < 4.78 is 0. The summed E-state index contributed by atoms with van der Waals surface area (Å²) in [5.74, 6) is 0.111. The molecule has 0 N–H and O–H groups in total.